The van der Waals surface area contributed by atoms with E-state index < -0.39 is 11.7 Å². The maximum absolute atomic E-state index is 15.7. The zero-order valence-electron chi connectivity index (χ0n) is 24.3. The Hall–Kier alpha value is -4.15. The van der Waals surface area contributed by atoms with Gasteiger partial charge in [0.05, 0.1) is 11.6 Å². The van der Waals surface area contributed by atoms with Gasteiger partial charge in [0.2, 0.25) is 5.95 Å². The van der Waals surface area contributed by atoms with Crippen LogP contribution in [0, 0.1) is 12.7 Å². The molecular weight excluding hydrogens is 531 g/mol. The van der Waals surface area contributed by atoms with E-state index in [1.807, 2.05) is 37.3 Å². The quantitative estimate of drug-likeness (QED) is 0.330. The third-order valence-electron chi connectivity index (χ3n) is 8.38. The van der Waals surface area contributed by atoms with Gasteiger partial charge < -0.3 is 20.4 Å². The fourth-order valence-corrected chi connectivity index (χ4v) is 6.04. The Morgan fingerprint density at radius 2 is 1.93 bits per heavy atom. The largest absolute Gasteiger partial charge is 0.355 e. The van der Waals surface area contributed by atoms with Crippen LogP contribution in [0.3, 0.4) is 0 Å². The van der Waals surface area contributed by atoms with Crippen molar-refractivity contribution in [3.8, 4) is 0 Å². The Morgan fingerprint density at radius 1 is 1.07 bits per heavy atom. The Balaban J connectivity index is 1.27. The summed E-state index contributed by atoms with van der Waals surface area (Å²) in [6, 6.07) is 14.8. The van der Waals surface area contributed by atoms with Gasteiger partial charge in [-0.3, -0.25) is 9.69 Å². The number of carbonyl (C=O) groups is 1. The maximum Gasteiger partial charge on any atom is 0.262 e. The first-order chi connectivity index (χ1) is 20.4. The number of likely N-dealkylation sites (N-methyl/N-ethyl adjacent to an activating group) is 1. The van der Waals surface area contributed by atoms with Crippen LogP contribution >= 0.6 is 0 Å². The van der Waals surface area contributed by atoms with Crippen LogP contribution in [0.4, 0.5) is 27.7 Å². The van der Waals surface area contributed by atoms with E-state index in [9.17, 15) is 4.79 Å². The fourth-order valence-electron chi connectivity index (χ4n) is 6.04. The summed E-state index contributed by atoms with van der Waals surface area (Å²) < 4.78 is 15.7. The summed E-state index contributed by atoms with van der Waals surface area (Å²) in [6.07, 6.45) is 6.23. The third kappa shape index (κ3) is 5.64. The standard InChI is InChI=1S/C32H37FN8O/c1-21-6-4-7-22-11-15-35-30(29(21)22)41(24-8-5-14-34-19-24)31(42)26-10-9-23(18-27(26)33)37-32-36-16-12-28(38-32)40-17-13-25(20-40)39(2)3/h4,6-7,9-12,15-16,18,24-25,34H,5,8,13-14,17,19-20H2,1-3H3,(H,36,37,38)/t24-,25+/m1/s1. The summed E-state index contributed by atoms with van der Waals surface area (Å²) in [7, 11) is 4.18. The SMILES string of the molecule is Cc1cccc2ccnc(N(C(=O)c3ccc(Nc4nccc(N5CC[C@H](N(C)C)C5)n4)cc3F)[C@@H]3CCCNC3)c12. The summed E-state index contributed by atoms with van der Waals surface area (Å²) in [6.45, 7) is 5.34. The lowest BCUT2D eigenvalue weighted by molar-refractivity contribution is 0.0968. The van der Waals surface area contributed by atoms with Crippen LogP contribution in [0.5, 0.6) is 0 Å². The molecule has 2 aliphatic rings. The first kappa shape index (κ1) is 28.0. The normalized spacial score (nSPS) is 18.9. The predicted octanol–water partition coefficient (Wildman–Crippen LogP) is 4.76. The molecule has 6 rings (SSSR count). The minimum atomic E-state index is -0.611. The molecule has 0 spiro atoms. The molecule has 2 aliphatic heterocycles. The van der Waals surface area contributed by atoms with E-state index >= 15 is 4.39 Å². The second-order valence-corrected chi connectivity index (χ2v) is 11.4. The van der Waals surface area contributed by atoms with Crippen molar-refractivity contribution in [2.24, 2.45) is 0 Å². The van der Waals surface area contributed by atoms with E-state index in [0.717, 1.165) is 61.1 Å². The Morgan fingerprint density at radius 3 is 2.69 bits per heavy atom. The monoisotopic (exact) mass is 568 g/mol. The second kappa shape index (κ2) is 12.0. The Bertz CT molecular complexity index is 1580. The number of piperidine rings is 1. The van der Waals surface area contributed by atoms with Crippen LogP contribution in [0.2, 0.25) is 0 Å². The van der Waals surface area contributed by atoms with Crippen molar-refractivity contribution >= 4 is 40.0 Å². The lowest BCUT2D eigenvalue weighted by Crippen LogP contribution is -2.49. The number of nitrogens with one attached hydrogen (secondary N) is 2. The van der Waals surface area contributed by atoms with Crippen molar-refractivity contribution < 1.29 is 9.18 Å². The van der Waals surface area contributed by atoms with Gasteiger partial charge in [0, 0.05) is 49.1 Å². The van der Waals surface area contributed by atoms with Crippen LogP contribution < -0.4 is 20.4 Å². The minimum absolute atomic E-state index is 0.0000243. The average Bonchev–Trinajstić information content (AvgIpc) is 3.49. The highest BCUT2D eigenvalue weighted by Gasteiger charge is 2.32. The van der Waals surface area contributed by atoms with Gasteiger partial charge in [-0.05, 0) is 88.1 Å². The van der Waals surface area contributed by atoms with Crippen LogP contribution in [0.15, 0.2) is 60.9 Å². The molecule has 2 fully saturated rings. The molecule has 2 aromatic heterocycles. The van der Waals surface area contributed by atoms with Crippen molar-refractivity contribution in [3.05, 3.63) is 77.9 Å². The van der Waals surface area contributed by atoms with Crippen LogP contribution in [-0.2, 0) is 0 Å². The first-order valence-corrected chi connectivity index (χ1v) is 14.6. The molecule has 4 heterocycles. The van der Waals surface area contributed by atoms with E-state index in [1.54, 1.807) is 23.4 Å². The number of pyridine rings is 1. The molecular formula is C32H37FN8O. The lowest BCUT2D eigenvalue weighted by Gasteiger charge is -2.35. The number of carbonyl (C=O) groups excluding carboxylic acids is 1. The number of rotatable bonds is 7. The number of benzene rings is 2. The second-order valence-electron chi connectivity index (χ2n) is 11.4. The van der Waals surface area contributed by atoms with Gasteiger partial charge in [0.25, 0.3) is 5.91 Å². The van der Waals surface area contributed by atoms with E-state index in [0.29, 0.717) is 30.0 Å². The molecule has 0 saturated carbocycles. The summed E-state index contributed by atoms with van der Waals surface area (Å²) >= 11 is 0. The lowest BCUT2D eigenvalue weighted by atomic mass is 10.0. The summed E-state index contributed by atoms with van der Waals surface area (Å²) in [5, 5.41) is 8.41. The minimum Gasteiger partial charge on any atom is -0.355 e. The van der Waals surface area contributed by atoms with Gasteiger partial charge in [-0.2, -0.15) is 4.98 Å². The van der Waals surface area contributed by atoms with Gasteiger partial charge in [0.15, 0.2) is 0 Å². The molecule has 4 aromatic rings. The molecule has 218 valence electrons. The van der Waals surface area contributed by atoms with Gasteiger partial charge >= 0.3 is 0 Å². The van der Waals surface area contributed by atoms with Crippen LogP contribution in [0.25, 0.3) is 10.8 Å². The third-order valence-corrected chi connectivity index (χ3v) is 8.38. The van der Waals surface area contributed by atoms with Crippen molar-refractivity contribution in [3.63, 3.8) is 0 Å². The molecule has 10 heteroatoms. The number of hydrogen-bond donors (Lipinski definition) is 2. The number of nitrogens with zero attached hydrogens (tertiary/aromatic N) is 6. The van der Waals surface area contributed by atoms with Crippen molar-refractivity contribution in [1.82, 2.24) is 25.2 Å². The number of anilines is 4. The van der Waals surface area contributed by atoms with Gasteiger partial charge in [0.1, 0.15) is 17.5 Å². The molecule has 0 radical (unpaired) electrons. The molecule has 2 N–H and O–H groups in total. The van der Waals surface area contributed by atoms with Gasteiger partial charge in [-0.1, -0.05) is 18.2 Å². The number of hydrogen-bond acceptors (Lipinski definition) is 8. The smallest absolute Gasteiger partial charge is 0.262 e. The zero-order valence-corrected chi connectivity index (χ0v) is 24.3. The number of aryl methyl sites for hydroxylation is 1. The Kier molecular flexibility index (Phi) is 7.99. The van der Waals surface area contributed by atoms with E-state index in [-0.39, 0.29) is 11.6 Å². The average molecular weight is 569 g/mol. The van der Waals surface area contributed by atoms with E-state index in [1.165, 1.54) is 12.1 Å². The van der Waals surface area contributed by atoms with Crippen molar-refractivity contribution in [1.29, 1.82) is 0 Å². The highest BCUT2D eigenvalue weighted by molar-refractivity contribution is 6.11. The number of fused-ring (bicyclic) bond motifs is 1. The van der Waals surface area contributed by atoms with Crippen LogP contribution in [-0.4, -0.2) is 78.1 Å². The van der Waals surface area contributed by atoms with Crippen molar-refractivity contribution in [2.45, 2.75) is 38.3 Å². The summed E-state index contributed by atoms with van der Waals surface area (Å²) in [5.41, 5.74) is 1.49. The number of aromatic nitrogens is 3. The number of halogens is 1. The topological polar surface area (TPSA) is 89.5 Å². The predicted molar refractivity (Wildman–Crippen MR) is 165 cm³/mol. The zero-order chi connectivity index (χ0) is 29.2. The van der Waals surface area contributed by atoms with Crippen LogP contribution in [0.1, 0.15) is 35.2 Å². The number of amides is 1. The molecule has 2 atom stereocenters. The molecule has 0 bridgehead atoms. The first-order valence-electron chi connectivity index (χ1n) is 14.6. The highest BCUT2D eigenvalue weighted by Crippen LogP contribution is 2.32. The van der Waals surface area contributed by atoms with E-state index in [4.69, 9.17) is 0 Å². The molecule has 2 saturated heterocycles. The summed E-state index contributed by atoms with van der Waals surface area (Å²) in [5.74, 6) is 0.761. The molecule has 2 aromatic carbocycles. The molecule has 0 aliphatic carbocycles. The van der Waals surface area contributed by atoms with E-state index in [2.05, 4.69) is 49.5 Å². The molecule has 42 heavy (non-hydrogen) atoms. The molecule has 0 unspecified atom stereocenters. The van der Waals surface area contributed by atoms with Crippen molar-refractivity contribution in [2.75, 3.05) is 55.4 Å². The van der Waals surface area contributed by atoms with Gasteiger partial charge in [-0.25, -0.2) is 14.4 Å². The summed E-state index contributed by atoms with van der Waals surface area (Å²) in [4.78, 5) is 34.0. The molecule has 9 nitrogen and oxygen atoms in total. The maximum atomic E-state index is 15.7. The molecule has 1 amide bonds. The van der Waals surface area contributed by atoms with Gasteiger partial charge in [-0.15, -0.1) is 0 Å². The Labute approximate surface area is 245 Å². The fraction of sp³-hybridized carbons (Fsp3) is 0.375. The highest BCUT2D eigenvalue weighted by atomic mass is 19.1.